The Balaban J connectivity index is 1.87. The summed E-state index contributed by atoms with van der Waals surface area (Å²) in [6.45, 7) is 1.93. The van der Waals surface area contributed by atoms with E-state index in [0.717, 1.165) is 11.3 Å². The number of carboxylic acids is 1. The molecule has 0 unspecified atom stereocenters. The summed E-state index contributed by atoms with van der Waals surface area (Å²) in [7, 11) is -3.10. The summed E-state index contributed by atoms with van der Waals surface area (Å²) in [5, 5.41) is 9.03. The topological polar surface area (TPSA) is 104 Å². The van der Waals surface area contributed by atoms with Gasteiger partial charge in [-0.2, -0.15) is 4.99 Å². The minimum absolute atomic E-state index is 0.0469. The number of carbonyl (C=O) groups is 2. The number of aryl methyl sites for hydroxylation is 1. The molecule has 0 saturated carbocycles. The maximum Gasteiger partial charge on any atom is 0.303 e. The van der Waals surface area contributed by atoms with Crippen LogP contribution < -0.4 is 4.90 Å². The van der Waals surface area contributed by atoms with Crippen molar-refractivity contribution in [3.05, 3.63) is 29.8 Å². The number of amidine groups is 1. The standard InChI is InChI=1S/C17H20N2O5S2/c1-11-5-2-3-6-12(11)19-13-9-26(23,24)10-14(13)25-17(19)18-15(20)7-4-8-16(21)22/h2-3,5-6,13-14H,4,7-10H2,1H3,(H,21,22)/t13-,14-/m1/s1. The first-order valence-electron chi connectivity index (χ1n) is 8.32. The highest BCUT2D eigenvalue weighted by molar-refractivity contribution is 8.16. The van der Waals surface area contributed by atoms with Crippen LogP contribution in [0.4, 0.5) is 5.69 Å². The second kappa shape index (κ2) is 7.40. The number of amides is 1. The van der Waals surface area contributed by atoms with Gasteiger partial charge in [0.05, 0.1) is 17.5 Å². The highest BCUT2D eigenvalue weighted by Gasteiger charge is 2.49. The molecule has 2 aliphatic heterocycles. The molecule has 3 rings (SSSR count). The molecule has 0 bridgehead atoms. The van der Waals surface area contributed by atoms with E-state index in [4.69, 9.17) is 5.11 Å². The lowest BCUT2D eigenvalue weighted by molar-refractivity contribution is -0.137. The molecule has 0 radical (unpaired) electrons. The molecule has 0 spiro atoms. The van der Waals surface area contributed by atoms with E-state index >= 15 is 0 Å². The molecule has 9 heteroatoms. The molecule has 2 heterocycles. The van der Waals surface area contributed by atoms with Crippen molar-refractivity contribution in [2.24, 2.45) is 4.99 Å². The highest BCUT2D eigenvalue weighted by Crippen LogP contribution is 2.41. The molecule has 26 heavy (non-hydrogen) atoms. The Morgan fingerprint density at radius 3 is 2.69 bits per heavy atom. The molecule has 2 saturated heterocycles. The van der Waals surface area contributed by atoms with Gasteiger partial charge in [-0.1, -0.05) is 30.0 Å². The van der Waals surface area contributed by atoms with Crippen molar-refractivity contribution >= 4 is 44.3 Å². The molecule has 0 aromatic heterocycles. The van der Waals surface area contributed by atoms with Gasteiger partial charge in [-0.25, -0.2) is 8.42 Å². The molecule has 1 amide bonds. The van der Waals surface area contributed by atoms with Gasteiger partial charge in [0.1, 0.15) is 0 Å². The Kier molecular flexibility index (Phi) is 5.38. The predicted octanol–water partition coefficient (Wildman–Crippen LogP) is 1.85. The first-order chi connectivity index (χ1) is 12.3. The monoisotopic (exact) mass is 396 g/mol. The number of para-hydroxylation sites is 1. The lowest BCUT2D eigenvalue weighted by Crippen LogP contribution is -2.38. The van der Waals surface area contributed by atoms with E-state index in [9.17, 15) is 18.0 Å². The van der Waals surface area contributed by atoms with Gasteiger partial charge in [0.15, 0.2) is 15.0 Å². The van der Waals surface area contributed by atoms with Crippen molar-refractivity contribution in [3.8, 4) is 0 Å². The number of aliphatic imine (C=N–C) groups is 1. The van der Waals surface area contributed by atoms with Crippen molar-refractivity contribution in [2.75, 3.05) is 16.4 Å². The zero-order valence-electron chi connectivity index (χ0n) is 14.3. The number of benzene rings is 1. The van der Waals surface area contributed by atoms with Crippen molar-refractivity contribution in [2.45, 2.75) is 37.5 Å². The molecular weight excluding hydrogens is 376 g/mol. The summed E-state index contributed by atoms with van der Waals surface area (Å²) in [6.07, 6.45) is 0.224. The Morgan fingerprint density at radius 1 is 1.27 bits per heavy atom. The van der Waals surface area contributed by atoms with Gasteiger partial charge in [0.2, 0.25) is 5.91 Å². The summed E-state index contributed by atoms with van der Waals surface area (Å²) in [4.78, 5) is 28.8. The molecule has 1 aromatic rings. The third kappa shape index (κ3) is 4.09. The summed E-state index contributed by atoms with van der Waals surface area (Å²) in [5.74, 6) is -1.19. The van der Waals surface area contributed by atoms with Gasteiger partial charge < -0.3 is 10.0 Å². The molecular formula is C17H20N2O5S2. The van der Waals surface area contributed by atoms with E-state index in [1.807, 2.05) is 36.1 Å². The number of fused-ring (bicyclic) bond motifs is 1. The average Bonchev–Trinajstić information content (AvgIpc) is 2.98. The third-order valence-electron chi connectivity index (χ3n) is 4.44. The van der Waals surface area contributed by atoms with Gasteiger partial charge in [-0.05, 0) is 25.0 Å². The van der Waals surface area contributed by atoms with Crippen LogP contribution in [0.15, 0.2) is 29.3 Å². The van der Waals surface area contributed by atoms with Gasteiger partial charge in [-0.15, -0.1) is 0 Å². The molecule has 0 aliphatic carbocycles. The largest absolute Gasteiger partial charge is 0.481 e. The van der Waals surface area contributed by atoms with Crippen LogP contribution in [0.5, 0.6) is 0 Å². The highest BCUT2D eigenvalue weighted by atomic mass is 32.2. The van der Waals surface area contributed by atoms with Crippen molar-refractivity contribution in [1.82, 2.24) is 0 Å². The van der Waals surface area contributed by atoms with Gasteiger partial charge in [0, 0.05) is 23.8 Å². The van der Waals surface area contributed by atoms with E-state index in [1.165, 1.54) is 11.8 Å². The Morgan fingerprint density at radius 2 is 2.00 bits per heavy atom. The van der Waals surface area contributed by atoms with Crippen LogP contribution >= 0.6 is 11.8 Å². The fourth-order valence-corrected chi connectivity index (χ4v) is 7.16. The quantitative estimate of drug-likeness (QED) is 0.810. The average molecular weight is 396 g/mol. The number of nitrogens with zero attached hydrogens (tertiary/aromatic N) is 2. The summed E-state index contributed by atoms with van der Waals surface area (Å²) in [6, 6.07) is 7.36. The van der Waals surface area contributed by atoms with Crippen LogP contribution in [0.3, 0.4) is 0 Å². The van der Waals surface area contributed by atoms with Crippen LogP contribution in [-0.2, 0) is 19.4 Å². The molecule has 2 aliphatic rings. The first-order valence-corrected chi connectivity index (χ1v) is 11.0. The number of rotatable bonds is 5. The zero-order chi connectivity index (χ0) is 18.9. The molecule has 1 aromatic carbocycles. The molecule has 1 N–H and O–H groups in total. The van der Waals surface area contributed by atoms with Crippen molar-refractivity contribution < 1.29 is 23.1 Å². The maximum absolute atomic E-state index is 12.2. The number of hydrogen-bond acceptors (Lipinski definition) is 5. The van der Waals surface area contributed by atoms with E-state index in [1.54, 1.807) is 0 Å². The Labute approximate surface area is 156 Å². The van der Waals surface area contributed by atoms with Crippen molar-refractivity contribution in [3.63, 3.8) is 0 Å². The van der Waals surface area contributed by atoms with Crippen LogP contribution in [0.2, 0.25) is 0 Å². The van der Waals surface area contributed by atoms with Gasteiger partial charge in [0.25, 0.3) is 0 Å². The number of carboxylic acid groups (broad SMARTS) is 1. The minimum Gasteiger partial charge on any atom is -0.481 e. The lowest BCUT2D eigenvalue weighted by Gasteiger charge is -2.26. The molecule has 140 valence electrons. The van der Waals surface area contributed by atoms with E-state index in [-0.39, 0.29) is 48.0 Å². The Hall–Kier alpha value is -1.87. The number of aliphatic carboxylic acids is 1. The van der Waals surface area contributed by atoms with Gasteiger partial charge >= 0.3 is 5.97 Å². The smallest absolute Gasteiger partial charge is 0.303 e. The van der Waals surface area contributed by atoms with Crippen LogP contribution in [0.1, 0.15) is 24.8 Å². The molecule has 7 nitrogen and oxygen atoms in total. The number of carbonyl (C=O) groups excluding carboxylic acids is 1. The second-order valence-corrected chi connectivity index (χ2v) is 9.85. The number of anilines is 1. The fourth-order valence-electron chi connectivity index (χ4n) is 3.23. The van der Waals surface area contributed by atoms with Crippen LogP contribution in [0, 0.1) is 6.92 Å². The normalized spacial score (nSPS) is 25.4. The van der Waals surface area contributed by atoms with Gasteiger partial charge in [-0.3, -0.25) is 9.59 Å². The number of thioether (sulfide) groups is 1. The zero-order valence-corrected chi connectivity index (χ0v) is 15.9. The van der Waals surface area contributed by atoms with Crippen molar-refractivity contribution in [1.29, 1.82) is 0 Å². The summed E-state index contributed by atoms with van der Waals surface area (Å²) in [5.41, 5.74) is 1.82. The van der Waals surface area contributed by atoms with Crippen LogP contribution in [-0.4, -0.2) is 53.4 Å². The summed E-state index contributed by atoms with van der Waals surface area (Å²) >= 11 is 1.32. The second-order valence-electron chi connectivity index (χ2n) is 6.49. The fraction of sp³-hybridized carbons (Fsp3) is 0.471. The minimum atomic E-state index is -3.10. The maximum atomic E-state index is 12.2. The molecule has 2 fully saturated rings. The summed E-state index contributed by atoms with van der Waals surface area (Å²) < 4.78 is 24.1. The number of hydrogen-bond donors (Lipinski definition) is 1. The number of sulfone groups is 1. The van der Waals surface area contributed by atoms with E-state index < -0.39 is 15.8 Å². The lowest BCUT2D eigenvalue weighted by atomic mass is 10.1. The molecule has 2 atom stereocenters. The third-order valence-corrected chi connectivity index (χ3v) is 7.65. The van der Waals surface area contributed by atoms with Crippen LogP contribution in [0.25, 0.3) is 0 Å². The SMILES string of the molecule is Cc1ccccc1N1C(=NC(=O)CCCC(=O)O)S[C@@H]2CS(=O)(=O)C[C@H]21. The first kappa shape index (κ1) is 18.9. The predicted molar refractivity (Wildman–Crippen MR) is 101 cm³/mol. The van der Waals surface area contributed by atoms with E-state index in [0.29, 0.717) is 5.17 Å². The Bertz CT molecular complexity index is 866. The van der Waals surface area contributed by atoms with E-state index in [2.05, 4.69) is 4.99 Å².